The number of rotatable bonds is 8. The Labute approximate surface area is 178 Å². The van der Waals surface area contributed by atoms with Crippen molar-refractivity contribution < 1.29 is 26.7 Å². The van der Waals surface area contributed by atoms with E-state index in [1.165, 1.54) is 37.0 Å². The highest BCUT2D eigenvalue weighted by Crippen LogP contribution is 2.32. The third-order valence-electron chi connectivity index (χ3n) is 5.04. The average molecular weight is 434 g/mol. The minimum absolute atomic E-state index is 0.250. The first-order valence-electron chi connectivity index (χ1n) is 10.2. The molecule has 0 atom stereocenters. The monoisotopic (exact) mass is 434 g/mol. The van der Waals surface area contributed by atoms with Crippen molar-refractivity contribution in [2.45, 2.75) is 45.4 Å². The predicted octanol–water partition coefficient (Wildman–Crippen LogP) is 8.32. The van der Waals surface area contributed by atoms with Crippen molar-refractivity contribution >= 4 is 0 Å². The number of hydrogen-bond donors (Lipinski definition) is 0. The zero-order valence-corrected chi connectivity index (χ0v) is 17.1. The number of aryl methyl sites for hydroxylation is 1. The third kappa shape index (κ3) is 6.29. The Balaban J connectivity index is 1.75. The maximum atomic E-state index is 14.7. The summed E-state index contributed by atoms with van der Waals surface area (Å²) in [6.45, 7) is 2.17. The molecule has 0 radical (unpaired) electrons. The lowest BCUT2D eigenvalue weighted by atomic mass is 9.98. The second kappa shape index (κ2) is 9.94. The van der Waals surface area contributed by atoms with Crippen LogP contribution in [-0.2, 0) is 6.42 Å². The summed E-state index contributed by atoms with van der Waals surface area (Å²) in [4.78, 5) is 0. The Hall–Kier alpha value is -2.89. The molecule has 0 bridgehead atoms. The molecule has 0 saturated carbocycles. The lowest BCUT2D eigenvalue weighted by molar-refractivity contribution is -0.275. The average Bonchev–Trinajstić information content (AvgIpc) is 2.72. The van der Waals surface area contributed by atoms with Crippen LogP contribution in [0.4, 0.5) is 22.0 Å². The standard InChI is InChI=1S/C25H23F5O/c1-2-3-4-5-6-17-7-9-18(10-8-17)21-13-11-19(15-22(21)26)20-12-14-24(23(27)16-20)31-25(28,29)30/h7-16H,2-6H2,1H3. The first kappa shape index (κ1) is 22.8. The van der Waals surface area contributed by atoms with Gasteiger partial charge in [0.25, 0.3) is 0 Å². The Morgan fingerprint density at radius 2 is 1.32 bits per heavy atom. The fourth-order valence-corrected chi connectivity index (χ4v) is 3.42. The van der Waals surface area contributed by atoms with Gasteiger partial charge < -0.3 is 4.74 Å². The van der Waals surface area contributed by atoms with Crippen LogP contribution in [0, 0.1) is 11.6 Å². The van der Waals surface area contributed by atoms with Crippen LogP contribution in [0.2, 0.25) is 0 Å². The van der Waals surface area contributed by atoms with Crippen LogP contribution < -0.4 is 4.74 Å². The van der Waals surface area contributed by atoms with Crippen LogP contribution in [0.15, 0.2) is 60.7 Å². The fraction of sp³-hybridized carbons (Fsp3) is 0.280. The van der Waals surface area contributed by atoms with Crippen molar-refractivity contribution in [1.82, 2.24) is 0 Å². The summed E-state index contributed by atoms with van der Waals surface area (Å²) in [6, 6.07) is 15.2. The summed E-state index contributed by atoms with van der Waals surface area (Å²) in [5.41, 5.74) is 2.93. The second-order valence-corrected chi connectivity index (χ2v) is 7.40. The first-order chi connectivity index (χ1) is 14.8. The maximum absolute atomic E-state index is 14.7. The van der Waals surface area contributed by atoms with E-state index in [0.717, 1.165) is 30.5 Å². The third-order valence-corrected chi connectivity index (χ3v) is 5.04. The molecule has 3 aromatic rings. The van der Waals surface area contributed by atoms with Gasteiger partial charge in [-0.3, -0.25) is 0 Å². The summed E-state index contributed by atoms with van der Waals surface area (Å²) >= 11 is 0. The van der Waals surface area contributed by atoms with E-state index in [9.17, 15) is 22.0 Å². The van der Waals surface area contributed by atoms with Crippen LogP contribution in [0.3, 0.4) is 0 Å². The van der Waals surface area contributed by atoms with Crippen LogP contribution >= 0.6 is 0 Å². The maximum Gasteiger partial charge on any atom is 0.573 e. The molecule has 0 aliphatic heterocycles. The SMILES string of the molecule is CCCCCCc1ccc(-c2ccc(-c3ccc(OC(F)(F)F)c(F)c3)cc2F)cc1. The summed E-state index contributed by atoms with van der Waals surface area (Å²) in [5, 5.41) is 0. The summed E-state index contributed by atoms with van der Waals surface area (Å²) in [6.07, 6.45) is 0.726. The van der Waals surface area contributed by atoms with Crippen molar-refractivity contribution in [2.24, 2.45) is 0 Å². The molecular formula is C25H23F5O. The van der Waals surface area contributed by atoms with Gasteiger partial charge in [0.2, 0.25) is 0 Å². The van der Waals surface area contributed by atoms with Crippen LogP contribution in [0.25, 0.3) is 22.3 Å². The Bertz CT molecular complexity index is 1010. The lowest BCUT2D eigenvalue weighted by Crippen LogP contribution is -2.17. The van der Waals surface area contributed by atoms with Crippen molar-refractivity contribution in [3.63, 3.8) is 0 Å². The highest BCUT2D eigenvalue weighted by Gasteiger charge is 2.32. The molecule has 0 heterocycles. The van der Waals surface area contributed by atoms with E-state index in [0.29, 0.717) is 11.1 Å². The number of benzene rings is 3. The molecule has 3 rings (SSSR count). The van der Waals surface area contributed by atoms with Crippen LogP contribution in [0.1, 0.15) is 38.2 Å². The zero-order chi connectivity index (χ0) is 22.4. The summed E-state index contributed by atoms with van der Waals surface area (Å²) < 4.78 is 69.2. The van der Waals surface area contributed by atoms with Gasteiger partial charge in [-0.2, -0.15) is 0 Å². The Kier molecular flexibility index (Phi) is 7.31. The van der Waals surface area contributed by atoms with Crippen molar-refractivity contribution in [3.05, 3.63) is 77.9 Å². The summed E-state index contributed by atoms with van der Waals surface area (Å²) in [5.74, 6) is -2.60. The van der Waals surface area contributed by atoms with E-state index in [-0.39, 0.29) is 5.56 Å². The van der Waals surface area contributed by atoms with Gasteiger partial charge in [-0.25, -0.2) is 8.78 Å². The molecular weight excluding hydrogens is 411 g/mol. The molecule has 1 nitrogen and oxygen atoms in total. The van der Waals surface area contributed by atoms with Gasteiger partial charge >= 0.3 is 6.36 Å². The van der Waals surface area contributed by atoms with E-state index >= 15 is 0 Å². The minimum Gasteiger partial charge on any atom is -0.403 e. The minimum atomic E-state index is -4.98. The fourth-order valence-electron chi connectivity index (χ4n) is 3.42. The van der Waals surface area contributed by atoms with Gasteiger partial charge in [0.15, 0.2) is 11.6 Å². The van der Waals surface area contributed by atoms with Gasteiger partial charge in [0.05, 0.1) is 0 Å². The molecule has 164 valence electrons. The molecule has 0 aliphatic carbocycles. The zero-order valence-electron chi connectivity index (χ0n) is 17.1. The van der Waals surface area contributed by atoms with E-state index in [1.54, 1.807) is 12.1 Å². The first-order valence-corrected chi connectivity index (χ1v) is 10.2. The van der Waals surface area contributed by atoms with Gasteiger partial charge in [0, 0.05) is 5.56 Å². The molecule has 0 aromatic heterocycles. The number of halogens is 5. The number of hydrogen-bond acceptors (Lipinski definition) is 1. The van der Waals surface area contributed by atoms with E-state index < -0.39 is 23.7 Å². The second-order valence-electron chi connectivity index (χ2n) is 7.40. The van der Waals surface area contributed by atoms with Crippen molar-refractivity contribution in [1.29, 1.82) is 0 Å². The number of alkyl halides is 3. The molecule has 0 saturated heterocycles. The normalized spacial score (nSPS) is 11.5. The number of unbranched alkanes of at least 4 members (excludes halogenated alkanes) is 3. The summed E-state index contributed by atoms with van der Waals surface area (Å²) in [7, 11) is 0. The van der Waals surface area contributed by atoms with Crippen molar-refractivity contribution in [3.8, 4) is 28.0 Å². The Morgan fingerprint density at radius 1 is 0.710 bits per heavy atom. The quantitative estimate of drug-likeness (QED) is 0.256. The van der Waals surface area contributed by atoms with Gasteiger partial charge in [-0.05, 0) is 53.3 Å². The highest BCUT2D eigenvalue weighted by atomic mass is 19.4. The molecule has 0 fully saturated rings. The van der Waals surface area contributed by atoms with Crippen LogP contribution in [0.5, 0.6) is 5.75 Å². The molecule has 0 aliphatic rings. The lowest BCUT2D eigenvalue weighted by Gasteiger charge is -2.11. The molecule has 31 heavy (non-hydrogen) atoms. The molecule has 0 amide bonds. The van der Waals surface area contributed by atoms with Gasteiger partial charge in [-0.1, -0.05) is 68.7 Å². The van der Waals surface area contributed by atoms with Gasteiger partial charge in [0.1, 0.15) is 5.82 Å². The predicted molar refractivity (Wildman–Crippen MR) is 112 cm³/mol. The molecule has 0 N–H and O–H groups in total. The molecule has 6 heteroatoms. The van der Waals surface area contributed by atoms with E-state index in [4.69, 9.17) is 0 Å². The topological polar surface area (TPSA) is 9.23 Å². The van der Waals surface area contributed by atoms with Gasteiger partial charge in [-0.15, -0.1) is 13.2 Å². The molecule has 0 unspecified atom stereocenters. The van der Waals surface area contributed by atoms with Crippen LogP contribution in [-0.4, -0.2) is 6.36 Å². The highest BCUT2D eigenvalue weighted by molar-refractivity contribution is 5.71. The van der Waals surface area contributed by atoms with Crippen molar-refractivity contribution in [2.75, 3.05) is 0 Å². The molecule has 3 aromatic carbocycles. The smallest absolute Gasteiger partial charge is 0.403 e. The largest absolute Gasteiger partial charge is 0.573 e. The number of ether oxygens (including phenoxy) is 1. The van der Waals surface area contributed by atoms with E-state index in [2.05, 4.69) is 11.7 Å². The Morgan fingerprint density at radius 3 is 1.90 bits per heavy atom. The van der Waals surface area contributed by atoms with E-state index in [1.807, 2.05) is 24.3 Å². The molecule has 0 spiro atoms.